The number of hydrogen-bond donors (Lipinski definition) is 2. The Morgan fingerprint density at radius 1 is 1.43 bits per heavy atom. The zero-order valence-electron chi connectivity index (χ0n) is 14.9. The molecule has 156 valence electrons. The van der Waals surface area contributed by atoms with Crippen molar-refractivity contribution in [3.8, 4) is 0 Å². The topological polar surface area (TPSA) is 136 Å². The van der Waals surface area contributed by atoms with E-state index >= 15 is 0 Å². The van der Waals surface area contributed by atoms with Crippen LogP contribution in [-0.4, -0.2) is 74.0 Å². The number of carbonyl (C=O) groups excluding carboxylic acids is 2. The van der Waals surface area contributed by atoms with Crippen molar-refractivity contribution in [2.75, 3.05) is 20.2 Å². The minimum atomic E-state index is -5.08. The number of alkyl halides is 3. The summed E-state index contributed by atoms with van der Waals surface area (Å²) in [5.74, 6) is -2.77. The maximum absolute atomic E-state index is 11.3. The summed E-state index contributed by atoms with van der Waals surface area (Å²) in [6, 6.07) is 0. The Balaban J connectivity index is 0.000000480. The van der Waals surface area contributed by atoms with Gasteiger partial charge in [-0.2, -0.15) is 18.0 Å². The number of methoxy groups -OCH3 is 1. The molecule has 0 saturated carbocycles. The van der Waals surface area contributed by atoms with Crippen molar-refractivity contribution in [2.24, 2.45) is 0 Å². The smallest absolute Gasteiger partial charge is 0.475 e. The lowest BCUT2D eigenvalue weighted by molar-refractivity contribution is -0.192. The predicted molar refractivity (Wildman–Crippen MR) is 91.0 cm³/mol. The molecule has 0 bridgehead atoms. The molecule has 0 aliphatic carbocycles. The van der Waals surface area contributed by atoms with Gasteiger partial charge in [-0.1, -0.05) is 11.8 Å². The second-order valence-corrected chi connectivity index (χ2v) is 6.72. The molecule has 0 amide bonds. The van der Waals surface area contributed by atoms with E-state index in [1.54, 1.807) is 6.92 Å². The highest BCUT2D eigenvalue weighted by molar-refractivity contribution is 8.14. The maximum Gasteiger partial charge on any atom is 0.490 e. The molecule has 1 atom stereocenters. The highest BCUT2D eigenvalue weighted by Crippen LogP contribution is 2.26. The van der Waals surface area contributed by atoms with Gasteiger partial charge in [0.05, 0.1) is 7.11 Å². The van der Waals surface area contributed by atoms with Crippen molar-refractivity contribution in [3.05, 3.63) is 11.4 Å². The first kappa shape index (κ1) is 23.6. The van der Waals surface area contributed by atoms with Crippen LogP contribution in [0.1, 0.15) is 19.2 Å². The fourth-order valence-corrected chi connectivity index (χ4v) is 2.91. The second-order valence-electron chi connectivity index (χ2n) is 5.34. The van der Waals surface area contributed by atoms with Crippen molar-refractivity contribution in [2.45, 2.75) is 31.3 Å². The van der Waals surface area contributed by atoms with Crippen LogP contribution in [0.25, 0.3) is 6.08 Å². The predicted octanol–water partition coefficient (Wildman–Crippen LogP) is 0.504. The molecule has 1 fully saturated rings. The Bertz CT molecular complexity index is 737. The number of tetrazole rings is 1. The highest BCUT2D eigenvalue weighted by Gasteiger charge is 2.38. The molecule has 1 saturated heterocycles. The molecule has 10 nitrogen and oxygen atoms in total. The number of nitrogens with one attached hydrogen (secondary N) is 1. The van der Waals surface area contributed by atoms with Crippen LogP contribution in [0, 0.1) is 0 Å². The molecule has 0 aromatic carbocycles. The summed E-state index contributed by atoms with van der Waals surface area (Å²) in [7, 11) is 1.30. The summed E-state index contributed by atoms with van der Waals surface area (Å²) < 4.78 is 36.3. The van der Waals surface area contributed by atoms with Gasteiger partial charge in [0.2, 0.25) is 0 Å². The zero-order valence-corrected chi connectivity index (χ0v) is 15.7. The van der Waals surface area contributed by atoms with E-state index in [0.29, 0.717) is 12.4 Å². The zero-order chi connectivity index (χ0) is 21.3. The molecule has 2 N–H and O–H groups in total. The maximum atomic E-state index is 11.3. The molecule has 1 aromatic heterocycles. The van der Waals surface area contributed by atoms with Crippen LogP contribution in [0.3, 0.4) is 0 Å². The van der Waals surface area contributed by atoms with Crippen LogP contribution in [-0.2, 0) is 25.7 Å². The molecule has 0 spiro atoms. The fourth-order valence-electron chi connectivity index (χ4n) is 1.97. The number of esters is 1. The van der Waals surface area contributed by atoms with Crippen LogP contribution in [0.4, 0.5) is 13.2 Å². The largest absolute Gasteiger partial charge is 0.490 e. The van der Waals surface area contributed by atoms with Gasteiger partial charge in [0.25, 0.3) is 0 Å². The molecule has 28 heavy (non-hydrogen) atoms. The van der Waals surface area contributed by atoms with Gasteiger partial charge in [0.15, 0.2) is 17.5 Å². The van der Waals surface area contributed by atoms with E-state index in [4.69, 9.17) is 9.90 Å². The lowest BCUT2D eigenvalue weighted by Gasteiger charge is -2.24. The lowest BCUT2D eigenvalue weighted by Crippen LogP contribution is -2.32. The quantitative estimate of drug-likeness (QED) is 0.656. The Labute approximate surface area is 161 Å². The third-order valence-electron chi connectivity index (χ3n) is 3.16. The lowest BCUT2D eigenvalue weighted by atomic mass is 10.1. The van der Waals surface area contributed by atoms with E-state index in [2.05, 4.69) is 25.5 Å². The molecule has 14 heteroatoms. The monoisotopic (exact) mass is 425 g/mol. The van der Waals surface area contributed by atoms with Crippen molar-refractivity contribution >= 4 is 34.9 Å². The van der Waals surface area contributed by atoms with Gasteiger partial charge in [-0.15, -0.1) is 10.2 Å². The molecule has 1 aliphatic rings. The van der Waals surface area contributed by atoms with E-state index in [1.165, 1.54) is 23.7 Å². The molecule has 1 aromatic rings. The molecule has 1 aliphatic heterocycles. The molecule has 1 unspecified atom stereocenters. The van der Waals surface area contributed by atoms with Crippen LogP contribution < -0.4 is 5.32 Å². The number of carbonyl (C=O) groups is 3. The summed E-state index contributed by atoms with van der Waals surface area (Å²) in [4.78, 5) is 32.5. The van der Waals surface area contributed by atoms with Crippen LogP contribution >= 0.6 is 11.8 Å². The van der Waals surface area contributed by atoms with Crippen molar-refractivity contribution in [3.63, 3.8) is 0 Å². The number of nitrogens with zero attached hydrogens (tertiary/aromatic N) is 4. The number of aromatic nitrogens is 4. The molecular weight excluding hydrogens is 407 g/mol. The SMILES string of the molecule is COC(=O)Cn1nnc(C=C2CNCCC2SC(C)=O)n1.O=C(O)C(F)(F)F. The van der Waals surface area contributed by atoms with Gasteiger partial charge in [0.1, 0.15) is 0 Å². The summed E-state index contributed by atoms with van der Waals surface area (Å²) >= 11 is 1.32. The number of ether oxygens (including phenoxy) is 1. The van der Waals surface area contributed by atoms with Crippen molar-refractivity contribution < 1.29 is 37.4 Å². The van der Waals surface area contributed by atoms with Crippen molar-refractivity contribution in [1.82, 2.24) is 25.5 Å². The Kier molecular flexibility index (Phi) is 9.05. The number of hydrogen-bond acceptors (Lipinski definition) is 9. The number of aliphatic carboxylic acids is 1. The molecule has 2 heterocycles. The minimum absolute atomic E-state index is 0.0729. The summed E-state index contributed by atoms with van der Waals surface area (Å²) in [6.45, 7) is 3.06. The number of thioether (sulfide) groups is 1. The first-order valence-corrected chi connectivity index (χ1v) is 8.64. The summed E-state index contributed by atoms with van der Waals surface area (Å²) in [5.41, 5.74) is 1.05. The van der Waals surface area contributed by atoms with E-state index < -0.39 is 18.1 Å². The van der Waals surface area contributed by atoms with Crippen LogP contribution in [0.5, 0.6) is 0 Å². The van der Waals surface area contributed by atoms with Gasteiger partial charge in [0, 0.05) is 18.7 Å². The molecule has 2 rings (SSSR count). The average molecular weight is 425 g/mol. The van der Waals surface area contributed by atoms with Gasteiger partial charge in [-0.05, 0) is 29.8 Å². The second kappa shape index (κ2) is 10.8. The minimum Gasteiger partial charge on any atom is -0.475 e. The van der Waals surface area contributed by atoms with Gasteiger partial charge >= 0.3 is 18.1 Å². The summed E-state index contributed by atoms with van der Waals surface area (Å²) in [5, 5.41) is 22.4. The molecule has 0 radical (unpaired) electrons. The van der Waals surface area contributed by atoms with E-state index in [1.807, 2.05) is 6.08 Å². The van der Waals surface area contributed by atoms with E-state index in [-0.39, 0.29) is 16.9 Å². The average Bonchev–Trinajstić information content (AvgIpc) is 3.02. The van der Waals surface area contributed by atoms with Gasteiger partial charge in [-0.25, -0.2) is 9.59 Å². The number of halogens is 3. The number of rotatable bonds is 4. The highest BCUT2D eigenvalue weighted by atomic mass is 32.2. The third-order valence-corrected chi connectivity index (χ3v) is 4.31. The Hall–Kier alpha value is -2.48. The number of carboxylic acid groups (broad SMARTS) is 1. The number of piperidine rings is 1. The first-order valence-electron chi connectivity index (χ1n) is 7.76. The standard InChI is InChI=1S/C12H17N5O3S.C2HF3O2/c1-8(18)21-10-3-4-13-6-9(10)5-11-14-16-17(15-11)7-12(19)20-2;3-2(4,5)1(6)7/h5,10,13H,3-4,6-7H2,1-2H3;(H,6,7). The summed E-state index contributed by atoms with van der Waals surface area (Å²) in [6.07, 6.45) is -2.39. The van der Waals surface area contributed by atoms with E-state index in [0.717, 1.165) is 18.5 Å². The van der Waals surface area contributed by atoms with Crippen LogP contribution in [0.2, 0.25) is 0 Å². The molecular formula is C14H18F3N5O5S. The van der Waals surface area contributed by atoms with Crippen molar-refractivity contribution in [1.29, 1.82) is 0 Å². The first-order chi connectivity index (χ1) is 13.0. The fraction of sp³-hybridized carbons (Fsp3) is 0.571. The van der Waals surface area contributed by atoms with Gasteiger partial charge < -0.3 is 15.2 Å². The van der Waals surface area contributed by atoms with E-state index in [9.17, 15) is 22.8 Å². The normalized spacial score (nSPS) is 18.2. The number of carboxylic acids is 1. The third kappa shape index (κ3) is 8.47. The van der Waals surface area contributed by atoms with Gasteiger partial charge in [-0.3, -0.25) is 4.79 Å². The Morgan fingerprint density at radius 2 is 2.07 bits per heavy atom. The van der Waals surface area contributed by atoms with Crippen LogP contribution in [0.15, 0.2) is 5.57 Å². The Morgan fingerprint density at radius 3 is 2.61 bits per heavy atom.